The van der Waals surface area contributed by atoms with Crippen molar-refractivity contribution in [2.45, 2.75) is 38.6 Å². The maximum absolute atomic E-state index is 13.1. The maximum Gasteiger partial charge on any atom is 0.242 e. The van der Waals surface area contributed by atoms with E-state index in [4.69, 9.17) is 34.8 Å². The van der Waals surface area contributed by atoms with E-state index < -0.39 is 6.04 Å². The molecule has 0 spiro atoms. The first kappa shape index (κ1) is 24.9. The third kappa shape index (κ3) is 7.09. The molecule has 8 heteroatoms. The summed E-state index contributed by atoms with van der Waals surface area (Å²) in [7, 11) is 0. The Balaban J connectivity index is 2.18. The summed E-state index contributed by atoms with van der Waals surface area (Å²) >= 11 is 20.2. The molecule has 0 aliphatic rings. The molecule has 1 unspecified atom stereocenters. The molecule has 2 aromatic rings. The predicted molar refractivity (Wildman–Crippen MR) is 127 cm³/mol. The Morgan fingerprint density at radius 3 is 2.33 bits per heavy atom. The lowest BCUT2D eigenvalue weighted by Crippen LogP contribution is -2.49. The van der Waals surface area contributed by atoms with Gasteiger partial charge in [-0.15, -0.1) is 11.8 Å². The summed E-state index contributed by atoms with van der Waals surface area (Å²) < 4.78 is 0. The van der Waals surface area contributed by atoms with Crippen LogP contribution in [-0.4, -0.2) is 35.1 Å². The topological polar surface area (TPSA) is 49.4 Å². The van der Waals surface area contributed by atoms with Gasteiger partial charge in [-0.25, -0.2) is 0 Å². The molecule has 2 rings (SSSR count). The van der Waals surface area contributed by atoms with Crippen LogP contribution in [0, 0.1) is 0 Å². The lowest BCUT2D eigenvalue weighted by molar-refractivity contribution is -0.139. The van der Waals surface area contributed by atoms with Gasteiger partial charge in [0.15, 0.2) is 0 Å². The summed E-state index contributed by atoms with van der Waals surface area (Å²) in [5.74, 6) is 0.544. The highest BCUT2D eigenvalue weighted by atomic mass is 35.5. The van der Waals surface area contributed by atoms with Crippen molar-refractivity contribution in [1.29, 1.82) is 0 Å². The monoisotopic (exact) mass is 486 g/mol. The van der Waals surface area contributed by atoms with Crippen molar-refractivity contribution in [2.75, 3.05) is 12.3 Å². The lowest BCUT2D eigenvalue weighted by Gasteiger charge is -2.31. The maximum atomic E-state index is 13.1. The molecule has 30 heavy (non-hydrogen) atoms. The largest absolute Gasteiger partial charge is 0.355 e. The van der Waals surface area contributed by atoms with Crippen LogP contribution in [0.1, 0.15) is 31.4 Å². The number of thioether (sulfide) groups is 1. The molecule has 0 radical (unpaired) electrons. The van der Waals surface area contributed by atoms with E-state index in [1.807, 2.05) is 38.1 Å². The van der Waals surface area contributed by atoms with Crippen molar-refractivity contribution in [3.8, 4) is 0 Å². The summed E-state index contributed by atoms with van der Waals surface area (Å²) in [6.45, 7) is 4.40. The summed E-state index contributed by atoms with van der Waals surface area (Å²) in [6.07, 6.45) is 0.485. The molecule has 0 heterocycles. The van der Waals surface area contributed by atoms with Gasteiger partial charge in [-0.05, 0) is 43.2 Å². The zero-order valence-corrected chi connectivity index (χ0v) is 20.0. The lowest BCUT2D eigenvalue weighted by atomic mass is 10.1. The second-order valence-corrected chi connectivity index (χ2v) is 8.90. The van der Waals surface area contributed by atoms with Crippen molar-refractivity contribution >= 4 is 58.4 Å². The van der Waals surface area contributed by atoms with Gasteiger partial charge in [-0.1, -0.05) is 59.9 Å². The Kier molecular flexibility index (Phi) is 10.3. The molecule has 0 aliphatic heterocycles. The number of likely N-dealkylation sites (N-methyl/N-ethyl adjacent to an activating group) is 1. The standard InChI is InChI=1S/C22H25Cl3N2O2S/c1-3-20(22(29)26-4-2)27(12-17-18(24)9-6-10-19(17)25)21(28)14-30-13-15-7-5-8-16(23)11-15/h5-11,20H,3-4,12-14H2,1-2H3,(H,26,29). The predicted octanol–water partition coefficient (Wildman–Crippen LogP) is 5.82. The van der Waals surface area contributed by atoms with Crippen molar-refractivity contribution in [3.63, 3.8) is 0 Å². The molecule has 0 fully saturated rings. The summed E-state index contributed by atoms with van der Waals surface area (Å²) in [5, 5.41) is 4.42. The number of nitrogens with one attached hydrogen (secondary N) is 1. The van der Waals surface area contributed by atoms with E-state index >= 15 is 0 Å². The normalized spacial score (nSPS) is 11.8. The third-order valence-corrected chi connectivity index (χ3v) is 6.44. The highest BCUT2D eigenvalue weighted by molar-refractivity contribution is 7.99. The molecule has 1 N–H and O–H groups in total. The minimum absolute atomic E-state index is 0.142. The Labute approximate surface area is 197 Å². The second kappa shape index (κ2) is 12.5. The summed E-state index contributed by atoms with van der Waals surface area (Å²) in [5.41, 5.74) is 1.67. The fourth-order valence-corrected chi connectivity index (χ4v) is 4.62. The molecular formula is C22H25Cl3N2O2S. The van der Waals surface area contributed by atoms with Crippen molar-refractivity contribution in [3.05, 3.63) is 68.7 Å². The van der Waals surface area contributed by atoms with Crippen LogP contribution in [0.3, 0.4) is 0 Å². The van der Waals surface area contributed by atoms with Crippen LogP contribution in [0.4, 0.5) is 0 Å². The molecule has 1 atom stereocenters. The zero-order valence-electron chi connectivity index (χ0n) is 17.0. The van der Waals surface area contributed by atoms with Gasteiger partial charge < -0.3 is 10.2 Å². The average molecular weight is 488 g/mol. The first-order valence-corrected chi connectivity index (χ1v) is 12.0. The van der Waals surface area contributed by atoms with Gasteiger partial charge in [0.2, 0.25) is 11.8 Å². The Morgan fingerprint density at radius 1 is 1.07 bits per heavy atom. The van der Waals surface area contributed by atoms with E-state index in [1.165, 1.54) is 11.8 Å². The number of hydrogen-bond donors (Lipinski definition) is 1. The minimum atomic E-state index is -0.600. The molecule has 0 aliphatic carbocycles. The fourth-order valence-electron chi connectivity index (χ4n) is 3.03. The minimum Gasteiger partial charge on any atom is -0.355 e. The van der Waals surface area contributed by atoms with Crippen LogP contribution < -0.4 is 5.32 Å². The van der Waals surface area contributed by atoms with Crippen LogP contribution >= 0.6 is 46.6 Å². The van der Waals surface area contributed by atoms with Crippen LogP contribution in [0.15, 0.2) is 42.5 Å². The SMILES string of the molecule is CCNC(=O)C(CC)N(Cc1c(Cl)cccc1Cl)C(=O)CSCc1cccc(Cl)c1. The van der Waals surface area contributed by atoms with Gasteiger partial charge in [-0.3, -0.25) is 9.59 Å². The molecule has 4 nitrogen and oxygen atoms in total. The highest BCUT2D eigenvalue weighted by Gasteiger charge is 2.29. The number of nitrogens with zero attached hydrogens (tertiary/aromatic N) is 1. The van der Waals surface area contributed by atoms with Crippen LogP contribution in [0.5, 0.6) is 0 Å². The highest BCUT2D eigenvalue weighted by Crippen LogP contribution is 2.27. The summed E-state index contributed by atoms with van der Waals surface area (Å²) in [4.78, 5) is 27.3. The van der Waals surface area contributed by atoms with Gasteiger partial charge in [-0.2, -0.15) is 0 Å². The third-order valence-electron chi connectivity index (χ3n) is 4.51. The first-order valence-electron chi connectivity index (χ1n) is 9.69. The molecule has 0 saturated heterocycles. The number of hydrogen-bond acceptors (Lipinski definition) is 3. The molecule has 162 valence electrons. The number of carbonyl (C=O) groups excluding carboxylic acids is 2. The number of benzene rings is 2. The Hall–Kier alpha value is -1.40. The van der Waals surface area contributed by atoms with Gasteiger partial charge >= 0.3 is 0 Å². The van der Waals surface area contributed by atoms with Crippen molar-refractivity contribution < 1.29 is 9.59 Å². The van der Waals surface area contributed by atoms with Gasteiger partial charge in [0.1, 0.15) is 6.04 Å². The molecule has 2 aromatic carbocycles. The van der Waals surface area contributed by atoms with E-state index in [0.29, 0.717) is 39.3 Å². The second-order valence-electron chi connectivity index (χ2n) is 6.66. The first-order chi connectivity index (χ1) is 14.4. The quantitative estimate of drug-likeness (QED) is 0.459. The van der Waals surface area contributed by atoms with Crippen LogP contribution in [0.2, 0.25) is 15.1 Å². The van der Waals surface area contributed by atoms with Crippen molar-refractivity contribution in [2.24, 2.45) is 0 Å². The van der Waals surface area contributed by atoms with E-state index in [1.54, 1.807) is 23.1 Å². The molecule has 0 saturated carbocycles. The molecule has 0 bridgehead atoms. The number of rotatable bonds is 10. The van der Waals surface area contributed by atoms with E-state index in [0.717, 1.165) is 5.56 Å². The molecular weight excluding hydrogens is 463 g/mol. The Morgan fingerprint density at radius 2 is 1.73 bits per heavy atom. The average Bonchev–Trinajstić information content (AvgIpc) is 2.70. The zero-order chi connectivity index (χ0) is 22.1. The van der Waals surface area contributed by atoms with E-state index in [-0.39, 0.29) is 24.1 Å². The summed E-state index contributed by atoms with van der Waals surface area (Å²) in [6, 6.07) is 12.2. The van der Waals surface area contributed by atoms with E-state index in [2.05, 4.69) is 5.32 Å². The van der Waals surface area contributed by atoms with Gasteiger partial charge in [0.25, 0.3) is 0 Å². The number of halogens is 3. The van der Waals surface area contributed by atoms with Crippen LogP contribution in [0.25, 0.3) is 0 Å². The molecule has 0 aromatic heterocycles. The smallest absolute Gasteiger partial charge is 0.242 e. The fraction of sp³-hybridized carbons (Fsp3) is 0.364. The van der Waals surface area contributed by atoms with Gasteiger partial charge in [0.05, 0.1) is 5.75 Å². The van der Waals surface area contributed by atoms with Crippen LogP contribution in [-0.2, 0) is 21.9 Å². The number of amides is 2. The number of carbonyl (C=O) groups is 2. The van der Waals surface area contributed by atoms with Gasteiger partial charge in [0, 0.05) is 39.5 Å². The Bertz CT molecular complexity index is 859. The molecule has 2 amide bonds. The van der Waals surface area contributed by atoms with E-state index in [9.17, 15) is 9.59 Å². The van der Waals surface area contributed by atoms with Crippen molar-refractivity contribution in [1.82, 2.24) is 10.2 Å².